The number of ether oxygens (including phenoxy) is 2. The van der Waals surface area contributed by atoms with E-state index in [0.717, 1.165) is 0 Å². The van der Waals surface area contributed by atoms with Crippen molar-refractivity contribution in [1.82, 2.24) is 0 Å². The molecule has 0 saturated carbocycles. The van der Waals surface area contributed by atoms with Crippen molar-refractivity contribution in [3.05, 3.63) is 23.8 Å². The summed E-state index contributed by atoms with van der Waals surface area (Å²) in [6, 6.07) is 0. The van der Waals surface area contributed by atoms with Crippen molar-refractivity contribution < 1.29 is 79.7 Å². The first-order valence-electron chi connectivity index (χ1n) is 5.34. The van der Waals surface area contributed by atoms with Crippen molar-refractivity contribution >= 4 is 0 Å². The average Bonchev–Trinajstić information content (AvgIpc) is 2.42. The molecule has 18 heteroatoms. The Labute approximate surface area is 135 Å². The number of hydrogen-bond acceptors (Lipinski definition) is 2. The zero-order valence-corrected chi connectivity index (χ0v) is 11.4. The Morgan fingerprint density at radius 1 is 0.444 bits per heavy atom. The molecule has 0 spiro atoms. The molecule has 0 radical (unpaired) electrons. The summed E-state index contributed by atoms with van der Waals surface area (Å²) >= 11 is 0. The monoisotopic (exact) mass is 444 g/mol. The van der Waals surface area contributed by atoms with Crippen LogP contribution >= 0.6 is 0 Å². The van der Waals surface area contributed by atoms with E-state index in [1.165, 1.54) is 9.47 Å². The summed E-state index contributed by atoms with van der Waals surface area (Å²) < 4.78 is 201. The first kappa shape index (κ1) is 25.3. The fourth-order valence-electron chi connectivity index (χ4n) is 0.929. The largest absolute Gasteiger partial charge is 0.433 e. The molecule has 0 saturated heterocycles. The maximum absolute atomic E-state index is 12.9. The highest BCUT2D eigenvalue weighted by molar-refractivity contribution is 5.03. The SMILES string of the molecule is FC(F)=C(F)C(F)(F)OC(F)(F)C(F)(F)C(F)(F)OC(F)(F)C(F)=C(F)F. The summed E-state index contributed by atoms with van der Waals surface area (Å²) in [7, 11) is 0. The maximum Gasteiger partial charge on any atom is 0.433 e. The lowest BCUT2D eigenvalue weighted by atomic mass is 10.3. The van der Waals surface area contributed by atoms with E-state index in [-0.39, 0.29) is 0 Å². The molecule has 0 aliphatic rings. The van der Waals surface area contributed by atoms with Crippen LogP contribution in [-0.4, -0.2) is 30.4 Å². The third-order valence-electron chi connectivity index (χ3n) is 2.09. The molecule has 0 aromatic carbocycles. The van der Waals surface area contributed by atoms with Crippen molar-refractivity contribution in [3.63, 3.8) is 0 Å². The third kappa shape index (κ3) is 5.17. The second-order valence-corrected chi connectivity index (χ2v) is 3.99. The lowest BCUT2D eigenvalue weighted by Gasteiger charge is -2.34. The minimum atomic E-state index is -7.69. The minimum Gasteiger partial charge on any atom is -0.244 e. The highest BCUT2D eigenvalue weighted by Gasteiger charge is 2.78. The zero-order valence-electron chi connectivity index (χ0n) is 11.4. The molecule has 0 heterocycles. The van der Waals surface area contributed by atoms with Crippen molar-refractivity contribution in [2.75, 3.05) is 0 Å². The molecular weight excluding hydrogens is 444 g/mol. The number of halogens is 16. The Balaban J connectivity index is 5.94. The summed E-state index contributed by atoms with van der Waals surface area (Å²) in [4.78, 5) is 0. The Hall–Kier alpha value is -1.72. The highest BCUT2D eigenvalue weighted by atomic mass is 19.4. The van der Waals surface area contributed by atoms with E-state index in [0.29, 0.717) is 0 Å². The molecular formula is C9F16O2. The zero-order chi connectivity index (χ0) is 22.2. The Kier molecular flexibility index (Phi) is 6.89. The maximum atomic E-state index is 12.9. The van der Waals surface area contributed by atoms with Crippen LogP contribution in [0.4, 0.5) is 70.2 Å². The fraction of sp³-hybridized carbons (Fsp3) is 0.556. The molecule has 0 aromatic rings. The van der Waals surface area contributed by atoms with Crippen molar-refractivity contribution in [2.45, 2.75) is 30.4 Å². The van der Waals surface area contributed by atoms with Crippen molar-refractivity contribution in [1.29, 1.82) is 0 Å². The molecule has 160 valence electrons. The van der Waals surface area contributed by atoms with Crippen LogP contribution in [0.15, 0.2) is 23.8 Å². The van der Waals surface area contributed by atoms with Crippen molar-refractivity contribution in [3.8, 4) is 0 Å². The molecule has 2 nitrogen and oxygen atoms in total. The van der Waals surface area contributed by atoms with Crippen LogP contribution in [0.25, 0.3) is 0 Å². The summed E-state index contributed by atoms with van der Waals surface area (Å²) in [5.74, 6) is -16.2. The molecule has 0 aliphatic heterocycles. The Morgan fingerprint density at radius 2 is 0.667 bits per heavy atom. The standard InChI is InChI=1S/C9F16O2/c10-1(3(12)13)5(16,17)26-8(22,23)7(20,21)9(24,25)27-6(18,19)2(11)4(14)15. The predicted molar refractivity (Wildman–Crippen MR) is 47.6 cm³/mol. The molecule has 0 atom stereocenters. The average molecular weight is 444 g/mol. The van der Waals surface area contributed by atoms with Crippen LogP contribution in [0.1, 0.15) is 0 Å². The minimum absolute atomic E-state index is 1.53. The number of hydrogen-bond donors (Lipinski definition) is 0. The van der Waals surface area contributed by atoms with Gasteiger partial charge in [0.2, 0.25) is 0 Å². The van der Waals surface area contributed by atoms with E-state index < -0.39 is 54.2 Å². The van der Waals surface area contributed by atoms with Crippen molar-refractivity contribution in [2.24, 2.45) is 0 Å². The summed E-state index contributed by atoms with van der Waals surface area (Å²) in [6.45, 7) is 0. The van der Waals surface area contributed by atoms with Gasteiger partial charge in [0.1, 0.15) is 0 Å². The van der Waals surface area contributed by atoms with E-state index in [4.69, 9.17) is 0 Å². The molecule has 0 amide bonds. The second kappa shape index (κ2) is 7.36. The van der Waals surface area contributed by atoms with E-state index in [1.54, 1.807) is 0 Å². The van der Waals surface area contributed by atoms with Gasteiger partial charge < -0.3 is 0 Å². The Bertz CT molecular complexity index is 559. The van der Waals surface area contributed by atoms with Crippen LogP contribution in [0.3, 0.4) is 0 Å². The molecule has 0 N–H and O–H groups in total. The van der Waals surface area contributed by atoms with Gasteiger partial charge in [0, 0.05) is 0 Å². The van der Waals surface area contributed by atoms with Crippen LogP contribution in [0, 0.1) is 0 Å². The van der Waals surface area contributed by atoms with Gasteiger partial charge >= 0.3 is 42.5 Å². The normalized spacial score (nSPS) is 14.2. The van der Waals surface area contributed by atoms with Crippen LogP contribution in [0.5, 0.6) is 0 Å². The molecule has 0 unspecified atom stereocenters. The number of rotatable bonds is 8. The van der Waals surface area contributed by atoms with Gasteiger partial charge in [-0.05, 0) is 0 Å². The van der Waals surface area contributed by atoms with E-state index in [1.807, 2.05) is 0 Å². The van der Waals surface area contributed by atoms with Crippen LogP contribution < -0.4 is 0 Å². The quantitative estimate of drug-likeness (QED) is 0.417. The number of alkyl halides is 10. The summed E-state index contributed by atoms with van der Waals surface area (Å²) in [5.41, 5.74) is 0. The smallest absolute Gasteiger partial charge is 0.244 e. The molecule has 0 rings (SSSR count). The molecule has 0 fully saturated rings. The van der Waals surface area contributed by atoms with E-state index in [9.17, 15) is 70.2 Å². The van der Waals surface area contributed by atoms with E-state index >= 15 is 0 Å². The second-order valence-electron chi connectivity index (χ2n) is 3.99. The third-order valence-corrected chi connectivity index (χ3v) is 2.09. The van der Waals surface area contributed by atoms with Gasteiger partial charge in [-0.2, -0.15) is 70.2 Å². The molecule has 0 bridgehead atoms. The van der Waals surface area contributed by atoms with Gasteiger partial charge in [-0.25, -0.2) is 9.47 Å². The topological polar surface area (TPSA) is 18.5 Å². The lowest BCUT2D eigenvalue weighted by molar-refractivity contribution is -0.505. The van der Waals surface area contributed by atoms with E-state index in [2.05, 4.69) is 0 Å². The lowest BCUT2D eigenvalue weighted by Crippen LogP contribution is -2.60. The van der Waals surface area contributed by atoms with Gasteiger partial charge in [0.05, 0.1) is 0 Å². The van der Waals surface area contributed by atoms with Crippen LogP contribution in [-0.2, 0) is 9.47 Å². The van der Waals surface area contributed by atoms with Gasteiger partial charge in [0.15, 0.2) is 0 Å². The molecule has 27 heavy (non-hydrogen) atoms. The predicted octanol–water partition coefficient (Wildman–Crippen LogP) is 6.18. The highest BCUT2D eigenvalue weighted by Crippen LogP contribution is 2.52. The van der Waals surface area contributed by atoms with Crippen LogP contribution in [0.2, 0.25) is 0 Å². The van der Waals surface area contributed by atoms with Gasteiger partial charge in [-0.3, -0.25) is 0 Å². The summed E-state index contributed by atoms with van der Waals surface area (Å²) in [5, 5.41) is 0. The first-order chi connectivity index (χ1) is 11.6. The van der Waals surface area contributed by atoms with Gasteiger partial charge in [-0.15, -0.1) is 0 Å². The molecule has 0 aliphatic carbocycles. The Morgan fingerprint density at radius 3 is 0.852 bits per heavy atom. The fourth-order valence-corrected chi connectivity index (χ4v) is 0.929. The van der Waals surface area contributed by atoms with Gasteiger partial charge in [0.25, 0.3) is 11.7 Å². The van der Waals surface area contributed by atoms with Gasteiger partial charge in [-0.1, -0.05) is 0 Å². The summed E-state index contributed by atoms with van der Waals surface area (Å²) in [6.07, 6.45) is -36.5. The first-order valence-corrected chi connectivity index (χ1v) is 5.34. The molecule has 0 aromatic heterocycles.